The SMILES string of the molecule is CCN1c2ncccc2C(=O)NC12CCN(Cc1ccc(C)o1)CC2. The summed E-state index contributed by atoms with van der Waals surface area (Å²) in [6.07, 6.45) is 3.52. The molecule has 1 saturated heterocycles. The number of aromatic nitrogens is 1. The van der Waals surface area contributed by atoms with Gasteiger partial charge in [-0.05, 0) is 38.1 Å². The maximum atomic E-state index is 12.6. The van der Waals surface area contributed by atoms with Crippen LogP contribution in [0.1, 0.15) is 41.6 Å². The number of carbonyl (C=O) groups is 1. The zero-order chi connectivity index (χ0) is 17.4. The normalized spacial score (nSPS) is 19.8. The van der Waals surface area contributed by atoms with Crippen LogP contribution in [0, 0.1) is 6.92 Å². The van der Waals surface area contributed by atoms with E-state index in [1.807, 2.05) is 31.2 Å². The highest BCUT2D eigenvalue weighted by molar-refractivity contribution is 6.01. The molecule has 4 rings (SSSR count). The molecule has 0 saturated carbocycles. The van der Waals surface area contributed by atoms with E-state index in [-0.39, 0.29) is 11.6 Å². The van der Waals surface area contributed by atoms with Crippen LogP contribution in [-0.2, 0) is 6.54 Å². The first-order chi connectivity index (χ1) is 12.1. The molecule has 1 spiro atoms. The lowest BCUT2D eigenvalue weighted by molar-refractivity contribution is 0.0751. The van der Waals surface area contributed by atoms with Crippen LogP contribution in [0.25, 0.3) is 0 Å². The van der Waals surface area contributed by atoms with E-state index < -0.39 is 0 Å². The smallest absolute Gasteiger partial charge is 0.256 e. The van der Waals surface area contributed by atoms with Gasteiger partial charge >= 0.3 is 0 Å². The number of fused-ring (bicyclic) bond motifs is 1. The van der Waals surface area contributed by atoms with Crippen molar-refractivity contribution in [2.45, 2.75) is 38.9 Å². The number of anilines is 1. The number of carbonyl (C=O) groups excluding carboxylic acids is 1. The van der Waals surface area contributed by atoms with E-state index >= 15 is 0 Å². The van der Waals surface area contributed by atoms with E-state index in [0.717, 1.165) is 56.4 Å². The average Bonchev–Trinajstić information content (AvgIpc) is 3.02. The Morgan fingerprint density at radius 3 is 2.76 bits per heavy atom. The second-order valence-electron chi connectivity index (χ2n) is 6.89. The maximum absolute atomic E-state index is 12.6. The summed E-state index contributed by atoms with van der Waals surface area (Å²) in [5, 5.41) is 3.27. The predicted molar refractivity (Wildman–Crippen MR) is 95.4 cm³/mol. The first-order valence-electron chi connectivity index (χ1n) is 8.94. The number of amides is 1. The van der Waals surface area contributed by atoms with Crippen LogP contribution in [0.2, 0.25) is 0 Å². The van der Waals surface area contributed by atoms with Gasteiger partial charge in [-0.25, -0.2) is 4.98 Å². The zero-order valence-electron chi connectivity index (χ0n) is 14.8. The van der Waals surface area contributed by atoms with Gasteiger partial charge in [-0.1, -0.05) is 0 Å². The summed E-state index contributed by atoms with van der Waals surface area (Å²) in [4.78, 5) is 21.7. The van der Waals surface area contributed by atoms with Crippen LogP contribution in [0.4, 0.5) is 5.82 Å². The van der Waals surface area contributed by atoms with Crippen molar-refractivity contribution in [3.8, 4) is 0 Å². The van der Waals surface area contributed by atoms with Crippen LogP contribution in [0.3, 0.4) is 0 Å². The van der Waals surface area contributed by atoms with Crippen molar-refractivity contribution in [2.24, 2.45) is 0 Å². The molecule has 6 nitrogen and oxygen atoms in total. The van der Waals surface area contributed by atoms with Gasteiger partial charge in [0.1, 0.15) is 23.0 Å². The fraction of sp³-hybridized carbons (Fsp3) is 0.474. The average molecular weight is 340 g/mol. The number of hydrogen-bond acceptors (Lipinski definition) is 5. The Bertz CT molecular complexity index is 777. The third kappa shape index (κ3) is 2.80. The highest BCUT2D eigenvalue weighted by atomic mass is 16.3. The summed E-state index contributed by atoms with van der Waals surface area (Å²) in [6.45, 7) is 7.56. The molecular weight excluding hydrogens is 316 g/mol. The molecule has 4 heterocycles. The summed E-state index contributed by atoms with van der Waals surface area (Å²) in [5.41, 5.74) is 0.339. The quantitative estimate of drug-likeness (QED) is 0.930. The molecule has 1 amide bonds. The molecule has 0 unspecified atom stereocenters. The van der Waals surface area contributed by atoms with Gasteiger partial charge < -0.3 is 14.6 Å². The van der Waals surface area contributed by atoms with E-state index in [1.165, 1.54) is 0 Å². The predicted octanol–water partition coefficient (Wildman–Crippen LogP) is 2.55. The molecular formula is C19H24N4O2. The largest absolute Gasteiger partial charge is 0.465 e. The van der Waals surface area contributed by atoms with E-state index in [1.54, 1.807) is 6.20 Å². The number of furan rings is 1. The second kappa shape index (κ2) is 6.19. The number of nitrogens with one attached hydrogen (secondary N) is 1. The molecule has 2 aliphatic heterocycles. The Hall–Kier alpha value is -2.34. The molecule has 6 heteroatoms. The second-order valence-corrected chi connectivity index (χ2v) is 6.89. The Morgan fingerprint density at radius 1 is 1.28 bits per heavy atom. The van der Waals surface area contributed by atoms with Gasteiger partial charge in [-0.3, -0.25) is 9.69 Å². The van der Waals surface area contributed by atoms with E-state index in [9.17, 15) is 4.79 Å². The molecule has 132 valence electrons. The number of rotatable bonds is 3. The third-order valence-corrected chi connectivity index (χ3v) is 5.32. The van der Waals surface area contributed by atoms with Crippen molar-refractivity contribution in [1.82, 2.24) is 15.2 Å². The Balaban J connectivity index is 1.52. The number of aryl methyl sites for hydroxylation is 1. The first-order valence-corrected chi connectivity index (χ1v) is 8.94. The highest BCUT2D eigenvalue weighted by Gasteiger charge is 2.45. The third-order valence-electron chi connectivity index (χ3n) is 5.32. The Labute approximate surface area is 147 Å². The standard InChI is InChI=1S/C19H24N4O2/c1-3-23-17-16(5-4-10-20-17)18(24)21-19(23)8-11-22(12-9-19)13-15-7-6-14(2)25-15/h4-7,10H,3,8-9,11-13H2,1-2H3,(H,21,24). The summed E-state index contributed by atoms with van der Waals surface area (Å²) in [6, 6.07) is 7.71. The van der Waals surface area contributed by atoms with Crippen LogP contribution in [0.5, 0.6) is 0 Å². The molecule has 1 fully saturated rings. The minimum Gasteiger partial charge on any atom is -0.465 e. The lowest BCUT2D eigenvalue weighted by Gasteiger charge is -2.51. The lowest BCUT2D eigenvalue weighted by Crippen LogP contribution is -2.67. The Kier molecular flexibility index (Phi) is 4.00. The number of nitrogens with zero attached hydrogens (tertiary/aromatic N) is 3. The van der Waals surface area contributed by atoms with Gasteiger partial charge in [0, 0.05) is 38.7 Å². The maximum Gasteiger partial charge on any atom is 0.256 e. The van der Waals surface area contributed by atoms with Gasteiger partial charge in [0.15, 0.2) is 0 Å². The van der Waals surface area contributed by atoms with E-state index in [4.69, 9.17) is 4.42 Å². The van der Waals surface area contributed by atoms with E-state index in [2.05, 4.69) is 27.0 Å². The van der Waals surface area contributed by atoms with Gasteiger partial charge in [0.25, 0.3) is 5.91 Å². The minimum absolute atomic E-state index is 0.0112. The Morgan fingerprint density at radius 2 is 2.08 bits per heavy atom. The topological polar surface area (TPSA) is 61.6 Å². The molecule has 1 N–H and O–H groups in total. The molecule has 2 aliphatic rings. The van der Waals surface area contributed by atoms with Crippen molar-refractivity contribution in [1.29, 1.82) is 0 Å². The van der Waals surface area contributed by atoms with Gasteiger partial charge in [0.2, 0.25) is 0 Å². The lowest BCUT2D eigenvalue weighted by atomic mass is 9.91. The van der Waals surface area contributed by atoms with Crippen LogP contribution in [-0.4, -0.2) is 41.1 Å². The molecule has 0 radical (unpaired) electrons. The molecule has 2 aromatic heterocycles. The van der Waals surface area contributed by atoms with Crippen molar-refractivity contribution in [3.05, 3.63) is 47.5 Å². The molecule has 25 heavy (non-hydrogen) atoms. The number of piperidine rings is 1. The molecule has 0 atom stereocenters. The monoisotopic (exact) mass is 340 g/mol. The van der Waals surface area contributed by atoms with E-state index in [0.29, 0.717) is 5.56 Å². The van der Waals surface area contributed by atoms with Crippen molar-refractivity contribution in [3.63, 3.8) is 0 Å². The van der Waals surface area contributed by atoms with Crippen LogP contribution >= 0.6 is 0 Å². The van der Waals surface area contributed by atoms with Crippen LogP contribution in [0.15, 0.2) is 34.9 Å². The summed E-state index contributed by atoms with van der Waals surface area (Å²) in [5.74, 6) is 2.75. The fourth-order valence-electron chi connectivity index (χ4n) is 4.06. The van der Waals surface area contributed by atoms with Gasteiger partial charge in [-0.2, -0.15) is 0 Å². The fourth-order valence-corrected chi connectivity index (χ4v) is 4.06. The summed E-state index contributed by atoms with van der Waals surface area (Å²) >= 11 is 0. The number of hydrogen-bond donors (Lipinski definition) is 1. The van der Waals surface area contributed by atoms with Gasteiger partial charge in [0.05, 0.1) is 12.1 Å². The summed E-state index contributed by atoms with van der Waals surface area (Å²) < 4.78 is 5.70. The molecule has 0 bridgehead atoms. The van der Waals surface area contributed by atoms with Crippen molar-refractivity contribution < 1.29 is 9.21 Å². The van der Waals surface area contributed by atoms with Crippen molar-refractivity contribution >= 4 is 11.7 Å². The minimum atomic E-state index is -0.331. The summed E-state index contributed by atoms with van der Waals surface area (Å²) in [7, 11) is 0. The molecule has 0 aliphatic carbocycles. The number of likely N-dealkylation sites (tertiary alicyclic amines) is 1. The van der Waals surface area contributed by atoms with Crippen LogP contribution < -0.4 is 10.2 Å². The zero-order valence-corrected chi connectivity index (χ0v) is 14.8. The molecule has 2 aromatic rings. The van der Waals surface area contributed by atoms with Gasteiger partial charge in [-0.15, -0.1) is 0 Å². The highest BCUT2D eigenvalue weighted by Crippen LogP contribution is 2.36. The first kappa shape index (κ1) is 16.1. The number of pyridine rings is 1. The molecule has 0 aromatic carbocycles. The van der Waals surface area contributed by atoms with Crippen molar-refractivity contribution in [2.75, 3.05) is 24.5 Å².